The second kappa shape index (κ2) is 5.53. The van der Waals surface area contributed by atoms with Crippen LogP contribution in [0.15, 0.2) is 0 Å². The second-order valence-corrected chi connectivity index (χ2v) is 5.24. The fourth-order valence-corrected chi connectivity index (χ4v) is 3.00. The van der Waals surface area contributed by atoms with Gasteiger partial charge < -0.3 is 5.11 Å². The Kier molecular flexibility index (Phi) is 4.62. The summed E-state index contributed by atoms with van der Waals surface area (Å²) in [6.45, 7) is 4.37. The first-order valence-corrected chi connectivity index (χ1v) is 6.34. The van der Waals surface area contributed by atoms with Crippen molar-refractivity contribution in [2.75, 3.05) is 0 Å². The van der Waals surface area contributed by atoms with E-state index in [0.717, 1.165) is 44.9 Å². The topological polar surface area (TPSA) is 37.3 Å². The molecule has 0 aromatic carbocycles. The summed E-state index contributed by atoms with van der Waals surface area (Å²) >= 11 is 0. The zero-order valence-corrected chi connectivity index (χ0v) is 10.1. The summed E-state index contributed by atoms with van der Waals surface area (Å²) in [7, 11) is 0. The van der Waals surface area contributed by atoms with Crippen molar-refractivity contribution in [2.45, 2.75) is 65.2 Å². The normalized spacial score (nSPS) is 22.3. The van der Waals surface area contributed by atoms with Crippen molar-refractivity contribution in [3.63, 3.8) is 0 Å². The van der Waals surface area contributed by atoms with Gasteiger partial charge in [-0.2, -0.15) is 0 Å². The fraction of sp³-hybridized carbons (Fsp3) is 0.923. The van der Waals surface area contributed by atoms with Crippen molar-refractivity contribution in [2.24, 2.45) is 11.3 Å². The fourth-order valence-electron chi connectivity index (χ4n) is 3.00. The van der Waals surface area contributed by atoms with E-state index in [0.29, 0.717) is 5.92 Å². The maximum absolute atomic E-state index is 11.4. The molecule has 88 valence electrons. The van der Waals surface area contributed by atoms with Gasteiger partial charge in [0.05, 0.1) is 5.41 Å². The van der Waals surface area contributed by atoms with Gasteiger partial charge in [-0.1, -0.05) is 46.0 Å². The van der Waals surface area contributed by atoms with E-state index in [1.165, 1.54) is 6.42 Å². The summed E-state index contributed by atoms with van der Waals surface area (Å²) in [6, 6.07) is 0. The first kappa shape index (κ1) is 12.5. The molecule has 15 heavy (non-hydrogen) atoms. The number of carbonyl (C=O) groups is 1. The molecule has 2 heteroatoms. The van der Waals surface area contributed by atoms with Gasteiger partial charge in [-0.3, -0.25) is 4.79 Å². The molecule has 0 aromatic heterocycles. The molecule has 1 unspecified atom stereocenters. The largest absolute Gasteiger partial charge is 0.481 e. The Bertz CT molecular complexity index is 205. The number of aliphatic carboxylic acids is 1. The maximum Gasteiger partial charge on any atom is 0.309 e. The van der Waals surface area contributed by atoms with Crippen LogP contribution in [0.5, 0.6) is 0 Å². The Balaban J connectivity index is 2.60. The highest BCUT2D eigenvalue weighted by Crippen LogP contribution is 2.42. The van der Waals surface area contributed by atoms with E-state index < -0.39 is 5.97 Å². The lowest BCUT2D eigenvalue weighted by Gasteiger charge is -2.35. The Hall–Kier alpha value is -0.530. The number of hydrogen-bond acceptors (Lipinski definition) is 1. The third kappa shape index (κ3) is 3.22. The average molecular weight is 212 g/mol. The number of hydrogen-bond donors (Lipinski definition) is 1. The van der Waals surface area contributed by atoms with Gasteiger partial charge in [0.15, 0.2) is 0 Å². The van der Waals surface area contributed by atoms with Crippen LogP contribution in [0.25, 0.3) is 0 Å². The highest BCUT2D eigenvalue weighted by molar-refractivity contribution is 5.74. The molecule has 0 aromatic rings. The van der Waals surface area contributed by atoms with Gasteiger partial charge in [0, 0.05) is 0 Å². The van der Waals surface area contributed by atoms with Crippen LogP contribution < -0.4 is 0 Å². The molecule has 0 radical (unpaired) electrons. The van der Waals surface area contributed by atoms with Crippen molar-refractivity contribution in [1.82, 2.24) is 0 Å². The third-order valence-corrected chi connectivity index (χ3v) is 3.79. The molecule has 0 heterocycles. The van der Waals surface area contributed by atoms with E-state index in [9.17, 15) is 9.90 Å². The van der Waals surface area contributed by atoms with Crippen molar-refractivity contribution in [3.05, 3.63) is 0 Å². The molecule has 1 N–H and O–H groups in total. The quantitative estimate of drug-likeness (QED) is 0.751. The molecule has 0 saturated heterocycles. The van der Waals surface area contributed by atoms with Gasteiger partial charge >= 0.3 is 5.97 Å². The summed E-state index contributed by atoms with van der Waals surface area (Å²) in [5.74, 6) is 0.00866. The zero-order valence-electron chi connectivity index (χ0n) is 10.1. The van der Waals surface area contributed by atoms with E-state index in [-0.39, 0.29) is 5.41 Å². The predicted octanol–water partition coefficient (Wildman–Crippen LogP) is 3.85. The van der Waals surface area contributed by atoms with Crippen LogP contribution in [0.4, 0.5) is 0 Å². The molecule has 1 saturated carbocycles. The highest BCUT2D eigenvalue weighted by Gasteiger charge is 2.40. The summed E-state index contributed by atoms with van der Waals surface area (Å²) in [5, 5.41) is 9.41. The standard InChI is InChI=1S/C13H24O2/c1-3-7-11(2)10-13(12(14)15)8-5-4-6-9-13/h11H,3-10H2,1-2H3,(H,14,15). The Morgan fingerprint density at radius 3 is 2.40 bits per heavy atom. The number of rotatable bonds is 5. The zero-order chi connectivity index (χ0) is 11.3. The van der Waals surface area contributed by atoms with E-state index in [2.05, 4.69) is 13.8 Å². The predicted molar refractivity (Wildman–Crippen MR) is 61.8 cm³/mol. The lowest BCUT2D eigenvalue weighted by molar-refractivity contribution is -0.152. The molecule has 0 aliphatic heterocycles. The monoisotopic (exact) mass is 212 g/mol. The van der Waals surface area contributed by atoms with Crippen LogP contribution in [0.2, 0.25) is 0 Å². The Labute approximate surface area is 93.1 Å². The molecule has 1 atom stereocenters. The van der Waals surface area contributed by atoms with Crippen LogP contribution in [0, 0.1) is 11.3 Å². The van der Waals surface area contributed by atoms with Crippen molar-refractivity contribution >= 4 is 5.97 Å². The molecule has 1 fully saturated rings. The first-order valence-electron chi connectivity index (χ1n) is 6.34. The van der Waals surface area contributed by atoms with Gasteiger partial charge in [0.25, 0.3) is 0 Å². The van der Waals surface area contributed by atoms with Crippen LogP contribution in [0.3, 0.4) is 0 Å². The summed E-state index contributed by atoms with van der Waals surface area (Å²) in [6.07, 6.45) is 8.43. The first-order chi connectivity index (χ1) is 7.10. The van der Waals surface area contributed by atoms with Crippen molar-refractivity contribution in [1.29, 1.82) is 0 Å². The maximum atomic E-state index is 11.4. The molecule has 2 nitrogen and oxygen atoms in total. The van der Waals surface area contributed by atoms with Crippen LogP contribution >= 0.6 is 0 Å². The molecule has 0 spiro atoms. The Morgan fingerprint density at radius 1 is 1.33 bits per heavy atom. The highest BCUT2D eigenvalue weighted by atomic mass is 16.4. The summed E-state index contributed by atoms with van der Waals surface area (Å²) in [5.41, 5.74) is -0.382. The minimum absolute atomic E-state index is 0.382. The minimum atomic E-state index is -0.551. The van der Waals surface area contributed by atoms with Gasteiger partial charge in [0.1, 0.15) is 0 Å². The summed E-state index contributed by atoms with van der Waals surface area (Å²) in [4.78, 5) is 11.4. The Morgan fingerprint density at radius 2 is 1.93 bits per heavy atom. The molecule has 1 aliphatic carbocycles. The molecular weight excluding hydrogens is 188 g/mol. The number of carboxylic acid groups (broad SMARTS) is 1. The van der Waals surface area contributed by atoms with Gasteiger partial charge in [-0.05, 0) is 25.2 Å². The van der Waals surface area contributed by atoms with Gasteiger partial charge in [-0.15, -0.1) is 0 Å². The minimum Gasteiger partial charge on any atom is -0.481 e. The lowest BCUT2D eigenvalue weighted by Crippen LogP contribution is -2.35. The van der Waals surface area contributed by atoms with Crippen LogP contribution in [0.1, 0.15) is 65.2 Å². The number of carboxylic acids is 1. The molecular formula is C13H24O2. The summed E-state index contributed by atoms with van der Waals surface area (Å²) < 4.78 is 0. The molecule has 1 rings (SSSR count). The second-order valence-electron chi connectivity index (χ2n) is 5.24. The SMILES string of the molecule is CCCC(C)CC1(C(=O)O)CCCCC1. The van der Waals surface area contributed by atoms with E-state index in [1.54, 1.807) is 0 Å². The molecule has 1 aliphatic rings. The third-order valence-electron chi connectivity index (χ3n) is 3.79. The van der Waals surface area contributed by atoms with Crippen LogP contribution in [-0.4, -0.2) is 11.1 Å². The van der Waals surface area contributed by atoms with Gasteiger partial charge in [-0.25, -0.2) is 0 Å². The van der Waals surface area contributed by atoms with E-state index in [4.69, 9.17) is 0 Å². The van der Waals surface area contributed by atoms with E-state index in [1.807, 2.05) is 0 Å². The average Bonchev–Trinajstić information content (AvgIpc) is 2.19. The van der Waals surface area contributed by atoms with Crippen molar-refractivity contribution < 1.29 is 9.90 Å². The van der Waals surface area contributed by atoms with Gasteiger partial charge in [0.2, 0.25) is 0 Å². The molecule has 0 amide bonds. The van der Waals surface area contributed by atoms with E-state index >= 15 is 0 Å². The van der Waals surface area contributed by atoms with Crippen LogP contribution in [-0.2, 0) is 4.79 Å². The van der Waals surface area contributed by atoms with Crippen molar-refractivity contribution in [3.8, 4) is 0 Å². The smallest absolute Gasteiger partial charge is 0.309 e. The lowest BCUT2D eigenvalue weighted by atomic mass is 9.69. The molecule has 0 bridgehead atoms.